The van der Waals surface area contributed by atoms with Gasteiger partial charge in [0.05, 0.1) is 12.7 Å². The molecule has 0 aromatic carbocycles. The van der Waals surface area contributed by atoms with Crippen LogP contribution in [-0.2, 0) is 29.2 Å². The number of nitrogens with zero attached hydrogens (tertiary/aromatic N) is 4. The minimum atomic E-state index is 0.267. The molecule has 0 radical (unpaired) electrons. The van der Waals surface area contributed by atoms with E-state index in [1.165, 1.54) is 12.0 Å². The predicted molar refractivity (Wildman–Crippen MR) is 96.2 cm³/mol. The number of hydrogen-bond acceptors (Lipinski definition) is 5. The lowest BCUT2D eigenvalue weighted by atomic mass is 10.1. The summed E-state index contributed by atoms with van der Waals surface area (Å²) in [6, 6.07) is 4.17. The van der Waals surface area contributed by atoms with Crippen molar-refractivity contribution in [3.8, 4) is 0 Å². The van der Waals surface area contributed by atoms with E-state index >= 15 is 0 Å². The molecule has 1 saturated heterocycles. The Labute approximate surface area is 149 Å². The molecule has 0 N–H and O–H groups in total. The van der Waals surface area contributed by atoms with Crippen LogP contribution in [0.2, 0.25) is 0 Å². The van der Waals surface area contributed by atoms with E-state index in [-0.39, 0.29) is 6.10 Å². The highest BCUT2D eigenvalue weighted by Crippen LogP contribution is 2.17. The molecule has 1 atom stereocenters. The van der Waals surface area contributed by atoms with Gasteiger partial charge in [-0.1, -0.05) is 0 Å². The van der Waals surface area contributed by atoms with E-state index in [4.69, 9.17) is 9.47 Å². The van der Waals surface area contributed by atoms with Gasteiger partial charge in [-0.2, -0.15) is 0 Å². The largest absolute Gasteiger partial charge is 0.383 e. The summed E-state index contributed by atoms with van der Waals surface area (Å²) < 4.78 is 13.6. The van der Waals surface area contributed by atoms with Crippen LogP contribution in [-0.4, -0.2) is 52.3 Å². The van der Waals surface area contributed by atoms with Crippen molar-refractivity contribution in [3.05, 3.63) is 47.8 Å². The third kappa shape index (κ3) is 5.11. The van der Waals surface area contributed by atoms with Crippen LogP contribution in [0.15, 0.2) is 30.7 Å². The number of aryl methyl sites for hydroxylation is 1. The second-order valence-corrected chi connectivity index (χ2v) is 6.63. The molecule has 0 amide bonds. The first-order valence-corrected chi connectivity index (χ1v) is 8.99. The van der Waals surface area contributed by atoms with Crippen LogP contribution in [0.4, 0.5) is 0 Å². The monoisotopic (exact) mass is 344 g/mol. The molecule has 3 rings (SSSR count). The molecule has 25 heavy (non-hydrogen) atoms. The normalized spacial score (nSPS) is 18.6. The van der Waals surface area contributed by atoms with Crippen LogP contribution in [0.1, 0.15) is 29.9 Å². The van der Waals surface area contributed by atoms with Crippen LogP contribution in [0, 0.1) is 6.92 Å². The molecule has 1 aliphatic heterocycles. The summed E-state index contributed by atoms with van der Waals surface area (Å²) in [5.41, 5.74) is 2.46. The fourth-order valence-corrected chi connectivity index (χ4v) is 3.35. The van der Waals surface area contributed by atoms with E-state index < -0.39 is 0 Å². The standard InChI is InChI=1S/C19H28N4O2/c1-16-12-21-19(23(16)10-11-24-2)15-25-18-4-3-9-22(14-18)13-17-5-7-20-8-6-17/h5-8,12,18H,3-4,9-11,13-15H2,1-2H3. The quantitative estimate of drug-likeness (QED) is 0.736. The smallest absolute Gasteiger partial charge is 0.135 e. The zero-order valence-corrected chi connectivity index (χ0v) is 15.2. The van der Waals surface area contributed by atoms with E-state index in [1.807, 2.05) is 18.6 Å². The van der Waals surface area contributed by atoms with Crippen molar-refractivity contribution in [2.45, 2.75) is 45.6 Å². The summed E-state index contributed by atoms with van der Waals surface area (Å²) in [5, 5.41) is 0. The fraction of sp³-hybridized carbons (Fsp3) is 0.579. The van der Waals surface area contributed by atoms with Crippen LogP contribution in [0.25, 0.3) is 0 Å². The molecule has 1 aliphatic rings. The maximum Gasteiger partial charge on any atom is 0.135 e. The Morgan fingerprint density at radius 2 is 2.12 bits per heavy atom. The Balaban J connectivity index is 1.51. The third-order valence-corrected chi connectivity index (χ3v) is 4.72. The highest BCUT2D eigenvalue weighted by molar-refractivity contribution is 5.09. The molecule has 1 fully saturated rings. The number of piperidine rings is 1. The molecule has 3 heterocycles. The van der Waals surface area contributed by atoms with Crippen molar-refractivity contribution in [3.63, 3.8) is 0 Å². The summed E-state index contributed by atoms with van der Waals surface area (Å²) in [6.07, 6.45) is 8.18. The average Bonchev–Trinajstić information content (AvgIpc) is 2.99. The van der Waals surface area contributed by atoms with Gasteiger partial charge in [-0.05, 0) is 44.0 Å². The third-order valence-electron chi connectivity index (χ3n) is 4.72. The molecule has 6 nitrogen and oxygen atoms in total. The van der Waals surface area contributed by atoms with Crippen LogP contribution in [0.5, 0.6) is 0 Å². The maximum atomic E-state index is 6.19. The van der Waals surface area contributed by atoms with Gasteiger partial charge in [0.1, 0.15) is 12.4 Å². The van der Waals surface area contributed by atoms with E-state index in [0.29, 0.717) is 13.2 Å². The van der Waals surface area contributed by atoms with Crippen molar-refractivity contribution in [1.82, 2.24) is 19.4 Å². The molecule has 0 spiro atoms. The summed E-state index contributed by atoms with van der Waals surface area (Å²) >= 11 is 0. The minimum Gasteiger partial charge on any atom is -0.383 e. The van der Waals surface area contributed by atoms with E-state index in [2.05, 4.69) is 38.5 Å². The van der Waals surface area contributed by atoms with Gasteiger partial charge in [-0.15, -0.1) is 0 Å². The topological polar surface area (TPSA) is 52.4 Å². The number of methoxy groups -OCH3 is 1. The predicted octanol–water partition coefficient (Wildman–Crippen LogP) is 2.41. The zero-order chi connectivity index (χ0) is 17.5. The number of pyridine rings is 1. The Morgan fingerprint density at radius 1 is 1.28 bits per heavy atom. The molecule has 0 aliphatic carbocycles. The first-order valence-electron chi connectivity index (χ1n) is 8.99. The van der Waals surface area contributed by atoms with Crippen LogP contribution >= 0.6 is 0 Å². The molecule has 1 unspecified atom stereocenters. The highest BCUT2D eigenvalue weighted by atomic mass is 16.5. The van der Waals surface area contributed by atoms with Crippen molar-refractivity contribution >= 4 is 0 Å². The van der Waals surface area contributed by atoms with Gasteiger partial charge in [0, 0.05) is 51.0 Å². The molecule has 0 bridgehead atoms. The summed E-state index contributed by atoms with van der Waals surface area (Å²) in [5.74, 6) is 0.987. The van der Waals surface area contributed by atoms with Crippen molar-refractivity contribution in [2.75, 3.05) is 26.8 Å². The Bertz CT molecular complexity index is 644. The van der Waals surface area contributed by atoms with Crippen molar-refractivity contribution in [1.29, 1.82) is 0 Å². The van der Waals surface area contributed by atoms with Gasteiger partial charge < -0.3 is 14.0 Å². The number of hydrogen-bond donors (Lipinski definition) is 0. The minimum absolute atomic E-state index is 0.267. The SMILES string of the molecule is COCCn1c(C)cnc1COC1CCCN(Cc2ccncc2)C1. The number of aromatic nitrogens is 3. The van der Waals surface area contributed by atoms with Gasteiger partial charge in [-0.25, -0.2) is 4.98 Å². The average molecular weight is 344 g/mol. The molecule has 6 heteroatoms. The first kappa shape index (κ1) is 18.0. The number of ether oxygens (including phenoxy) is 2. The lowest BCUT2D eigenvalue weighted by Gasteiger charge is -2.32. The van der Waals surface area contributed by atoms with Crippen molar-refractivity contribution in [2.24, 2.45) is 0 Å². The van der Waals surface area contributed by atoms with Gasteiger partial charge in [0.15, 0.2) is 0 Å². The molecule has 0 saturated carbocycles. The number of likely N-dealkylation sites (tertiary alicyclic amines) is 1. The van der Waals surface area contributed by atoms with Crippen molar-refractivity contribution < 1.29 is 9.47 Å². The molecule has 2 aromatic rings. The second-order valence-electron chi connectivity index (χ2n) is 6.63. The van der Waals surface area contributed by atoms with Crippen LogP contribution in [0.3, 0.4) is 0 Å². The Kier molecular flexibility index (Phi) is 6.55. The molecular weight excluding hydrogens is 316 g/mol. The van der Waals surface area contributed by atoms with E-state index in [1.54, 1.807) is 7.11 Å². The van der Waals surface area contributed by atoms with Gasteiger partial charge in [0.25, 0.3) is 0 Å². The van der Waals surface area contributed by atoms with Gasteiger partial charge in [0.2, 0.25) is 0 Å². The molecule has 136 valence electrons. The Morgan fingerprint density at radius 3 is 2.92 bits per heavy atom. The number of rotatable bonds is 8. The molecular formula is C19H28N4O2. The number of imidazole rings is 1. The fourth-order valence-electron chi connectivity index (χ4n) is 3.35. The van der Waals surface area contributed by atoms with Crippen LogP contribution < -0.4 is 0 Å². The summed E-state index contributed by atoms with van der Waals surface area (Å²) in [7, 11) is 1.72. The summed E-state index contributed by atoms with van der Waals surface area (Å²) in [4.78, 5) is 11.1. The maximum absolute atomic E-state index is 6.19. The molecule has 2 aromatic heterocycles. The lowest BCUT2D eigenvalue weighted by molar-refractivity contribution is -0.0158. The van der Waals surface area contributed by atoms with Gasteiger partial charge >= 0.3 is 0 Å². The van der Waals surface area contributed by atoms with E-state index in [9.17, 15) is 0 Å². The lowest BCUT2D eigenvalue weighted by Crippen LogP contribution is -2.39. The van der Waals surface area contributed by atoms with Gasteiger partial charge in [-0.3, -0.25) is 9.88 Å². The highest BCUT2D eigenvalue weighted by Gasteiger charge is 2.21. The Hall–Kier alpha value is -1.76. The zero-order valence-electron chi connectivity index (χ0n) is 15.2. The second kappa shape index (κ2) is 9.08. The summed E-state index contributed by atoms with van der Waals surface area (Å²) in [6.45, 7) is 7.20. The van der Waals surface area contributed by atoms with E-state index in [0.717, 1.165) is 44.1 Å². The first-order chi connectivity index (χ1) is 12.3.